The Morgan fingerprint density at radius 3 is 1.88 bits per heavy atom. The van der Waals surface area contributed by atoms with Gasteiger partial charge < -0.3 is 0 Å². The molecule has 0 saturated carbocycles. The summed E-state index contributed by atoms with van der Waals surface area (Å²) in [4.78, 5) is 12.5. The van der Waals surface area contributed by atoms with E-state index in [4.69, 9.17) is 9.16 Å². The standard InChI is InChI=1S/C27H30O3SeSi/c1-27(2,3)32(23-15-9-5-10-16-23,24-17-11-6-12-18-24)30-20-21-19-29-26(28)25(21)31-22-13-7-4-8-14-22/h4-18,21,25H,19-20H2,1-3H3/t21-,25-/m0/s1. The third kappa shape index (κ3) is 4.62. The van der Waals surface area contributed by atoms with Gasteiger partial charge in [0, 0.05) is 0 Å². The van der Waals surface area contributed by atoms with Gasteiger partial charge in [-0.15, -0.1) is 0 Å². The molecule has 0 N–H and O–H groups in total. The third-order valence-corrected chi connectivity index (χ3v) is 13.9. The molecule has 5 heteroatoms. The summed E-state index contributed by atoms with van der Waals surface area (Å²) in [6.07, 6.45) is 0. The Bertz CT molecular complexity index is 980. The number of esters is 1. The normalized spacial score (nSPS) is 19.0. The van der Waals surface area contributed by atoms with E-state index in [0.29, 0.717) is 13.2 Å². The molecule has 3 nitrogen and oxygen atoms in total. The van der Waals surface area contributed by atoms with Gasteiger partial charge in [-0.1, -0.05) is 0 Å². The molecule has 0 bridgehead atoms. The molecule has 0 unspecified atom stereocenters. The average Bonchev–Trinajstić information content (AvgIpc) is 3.15. The van der Waals surface area contributed by atoms with Gasteiger partial charge >= 0.3 is 199 Å². The molecule has 1 saturated heterocycles. The molecular weight excluding hydrogens is 479 g/mol. The van der Waals surface area contributed by atoms with Crippen LogP contribution in [0.25, 0.3) is 0 Å². The van der Waals surface area contributed by atoms with Gasteiger partial charge in [0.25, 0.3) is 0 Å². The quantitative estimate of drug-likeness (QED) is 0.361. The van der Waals surface area contributed by atoms with Crippen molar-refractivity contribution in [2.75, 3.05) is 13.2 Å². The van der Waals surface area contributed by atoms with Crippen molar-refractivity contribution in [1.29, 1.82) is 0 Å². The Kier molecular flexibility index (Phi) is 7.01. The average molecular weight is 510 g/mol. The van der Waals surface area contributed by atoms with E-state index in [0.717, 1.165) is 0 Å². The molecule has 1 fully saturated rings. The molecule has 166 valence electrons. The second-order valence-electron chi connectivity index (χ2n) is 9.22. The third-order valence-electron chi connectivity index (χ3n) is 6.04. The zero-order valence-corrected chi connectivity index (χ0v) is 21.6. The molecule has 0 spiro atoms. The van der Waals surface area contributed by atoms with Crippen molar-refractivity contribution in [3.63, 3.8) is 0 Å². The van der Waals surface area contributed by atoms with Crippen LogP contribution in [0.3, 0.4) is 0 Å². The van der Waals surface area contributed by atoms with Crippen LogP contribution in [-0.4, -0.2) is 42.5 Å². The summed E-state index contributed by atoms with van der Waals surface area (Å²) in [7, 11) is -2.62. The number of carbonyl (C=O) groups excluding carboxylic acids is 1. The monoisotopic (exact) mass is 510 g/mol. The van der Waals surface area contributed by atoms with Crippen molar-refractivity contribution in [3.8, 4) is 0 Å². The number of benzene rings is 3. The Balaban J connectivity index is 1.67. The molecule has 0 radical (unpaired) electrons. The van der Waals surface area contributed by atoms with E-state index in [1.54, 1.807) is 0 Å². The van der Waals surface area contributed by atoms with Crippen molar-refractivity contribution in [2.45, 2.75) is 30.6 Å². The topological polar surface area (TPSA) is 35.5 Å². The summed E-state index contributed by atoms with van der Waals surface area (Å²) in [5.74, 6) is -0.00532. The Hall–Kier alpha value is -2.17. The molecule has 1 aliphatic heterocycles. The van der Waals surface area contributed by atoms with E-state index in [1.807, 2.05) is 18.2 Å². The first-order valence-corrected chi connectivity index (χ1v) is 14.8. The summed E-state index contributed by atoms with van der Waals surface area (Å²) in [6, 6.07) is 31.6. The zero-order chi connectivity index (χ0) is 22.6. The van der Waals surface area contributed by atoms with Crippen LogP contribution in [0.5, 0.6) is 0 Å². The molecular formula is C27H30O3SeSi. The number of carbonyl (C=O) groups is 1. The minimum absolute atomic E-state index is 0.0221. The van der Waals surface area contributed by atoms with Crippen LogP contribution >= 0.6 is 0 Å². The molecule has 3 aromatic rings. The van der Waals surface area contributed by atoms with E-state index >= 15 is 0 Å². The van der Waals surface area contributed by atoms with Crippen LogP contribution in [0, 0.1) is 5.92 Å². The Morgan fingerprint density at radius 1 is 0.875 bits per heavy atom. The summed E-state index contributed by atoms with van der Waals surface area (Å²) in [5.41, 5.74) is 0. The summed E-state index contributed by atoms with van der Waals surface area (Å²) >= 11 is 0.0221. The minimum atomic E-state index is -2.62. The number of hydrogen-bond acceptors (Lipinski definition) is 3. The van der Waals surface area contributed by atoms with Crippen molar-refractivity contribution < 1.29 is 14.0 Å². The maximum absolute atomic E-state index is 12.6. The zero-order valence-electron chi connectivity index (χ0n) is 18.9. The molecule has 0 amide bonds. The van der Waals surface area contributed by atoms with E-state index in [-0.39, 0.29) is 36.7 Å². The fourth-order valence-corrected chi connectivity index (χ4v) is 11.4. The van der Waals surface area contributed by atoms with Gasteiger partial charge in [0.1, 0.15) is 0 Å². The Morgan fingerprint density at radius 2 is 1.38 bits per heavy atom. The molecule has 2 atom stereocenters. The molecule has 1 aliphatic rings. The van der Waals surface area contributed by atoms with Crippen LogP contribution < -0.4 is 14.8 Å². The second-order valence-corrected chi connectivity index (χ2v) is 16.1. The van der Waals surface area contributed by atoms with Gasteiger partial charge in [-0.2, -0.15) is 0 Å². The molecule has 1 heterocycles. The summed E-state index contributed by atoms with van der Waals surface area (Å²) < 4.78 is 13.8. The number of cyclic esters (lactones) is 1. The first-order valence-electron chi connectivity index (χ1n) is 11.1. The fraction of sp³-hybridized carbons (Fsp3) is 0.296. The number of hydrogen-bond donors (Lipinski definition) is 0. The first-order chi connectivity index (χ1) is 15.4. The van der Waals surface area contributed by atoms with Crippen LogP contribution in [0.4, 0.5) is 0 Å². The van der Waals surface area contributed by atoms with Gasteiger partial charge in [0.15, 0.2) is 0 Å². The van der Waals surface area contributed by atoms with Gasteiger partial charge in [0.2, 0.25) is 0 Å². The van der Waals surface area contributed by atoms with Crippen LogP contribution in [0.1, 0.15) is 20.8 Å². The Labute approximate surface area is 198 Å². The van der Waals surface area contributed by atoms with Crippen molar-refractivity contribution in [3.05, 3.63) is 91.0 Å². The van der Waals surface area contributed by atoms with Crippen molar-refractivity contribution in [1.82, 2.24) is 0 Å². The van der Waals surface area contributed by atoms with E-state index in [9.17, 15) is 4.79 Å². The molecule has 3 aromatic carbocycles. The summed E-state index contributed by atoms with van der Waals surface area (Å²) in [5, 5.41) is 2.43. The van der Waals surface area contributed by atoms with E-state index in [2.05, 4.69) is 93.6 Å². The van der Waals surface area contributed by atoms with Gasteiger partial charge in [-0.05, 0) is 0 Å². The van der Waals surface area contributed by atoms with E-state index in [1.165, 1.54) is 14.8 Å². The van der Waals surface area contributed by atoms with Crippen molar-refractivity contribution >= 4 is 44.1 Å². The van der Waals surface area contributed by atoms with Crippen LogP contribution in [0.2, 0.25) is 9.85 Å². The van der Waals surface area contributed by atoms with Gasteiger partial charge in [0.05, 0.1) is 0 Å². The molecule has 4 rings (SSSR count). The maximum atomic E-state index is 12.6. The van der Waals surface area contributed by atoms with Gasteiger partial charge in [-0.25, -0.2) is 0 Å². The predicted molar refractivity (Wildman–Crippen MR) is 134 cm³/mol. The van der Waals surface area contributed by atoms with Crippen LogP contribution in [-0.2, 0) is 14.0 Å². The summed E-state index contributed by atoms with van der Waals surface area (Å²) in [6.45, 7) is 7.80. The van der Waals surface area contributed by atoms with E-state index < -0.39 is 8.32 Å². The SMILES string of the molecule is CC(C)(C)[Si](OC[C@@H]1COC(=O)[C@H]1[Se]c1ccccc1)(c1ccccc1)c1ccccc1. The van der Waals surface area contributed by atoms with Crippen molar-refractivity contribution in [2.24, 2.45) is 5.92 Å². The second kappa shape index (κ2) is 9.76. The first kappa shape index (κ1) is 23.0. The molecule has 32 heavy (non-hydrogen) atoms. The van der Waals surface area contributed by atoms with Crippen LogP contribution in [0.15, 0.2) is 91.0 Å². The fourth-order valence-electron chi connectivity index (χ4n) is 4.47. The predicted octanol–water partition coefficient (Wildman–Crippen LogP) is 3.55. The number of rotatable bonds is 7. The molecule has 0 aromatic heterocycles. The molecule has 0 aliphatic carbocycles. The number of ether oxygens (including phenoxy) is 1. The van der Waals surface area contributed by atoms with Gasteiger partial charge in [-0.3, -0.25) is 0 Å².